The van der Waals surface area contributed by atoms with E-state index in [1.54, 1.807) is 0 Å². The van der Waals surface area contributed by atoms with Gasteiger partial charge >= 0.3 is 0 Å². The minimum Gasteiger partial charge on any atom is -0.490 e. The van der Waals surface area contributed by atoms with Gasteiger partial charge in [-0.1, -0.05) is 63.1 Å². The van der Waals surface area contributed by atoms with E-state index in [9.17, 15) is 0 Å². The smallest absolute Gasteiger partial charge is 0.161 e. The second-order valence-corrected chi connectivity index (χ2v) is 7.88. The van der Waals surface area contributed by atoms with Crippen molar-refractivity contribution in [2.75, 3.05) is 19.8 Å². The van der Waals surface area contributed by atoms with Crippen LogP contribution in [0.2, 0.25) is 0 Å². The Balaban J connectivity index is 1.91. The van der Waals surface area contributed by atoms with Crippen molar-refractivity contribution in [2.45, 2.75) is 64.8 Å². The highest BCUT2D eigenvalue weighted by Gasteiger charge is 2.19. The summed E-state index contributed by atoms with van der Waals surface area (Å²) in [5, 5.41) is 3.76. The lowest BCUT2D eigenvalue weighted by Gasteiger charge is -2.24. The van der Waals surface area contributed by atoms with Crippen molar-refractivity contribution in [2.24, 2.45) is 4.99 Å². The van der Waals surface area contributed by atoms with Crippen LogP contribution in [0, 0.1) is 0 Å². The molecule has 1 unspecified atom stereocenters. The number of ether oxygens (including phenoxy) is 2. The fourth-order valence-corrected chi connectivity index (χ4v) is 3.70. The molecule has 0 saturated carbocycles. The number of benzene rings is 2. The Morgan fingerprint density at radius 2 is 1.57 bits per heavy atom. The SMILES string of the molecule is CCCOc1ccc(C(NC2=NCCCCCC2)c2ccccc2)cc1OCCC. The van der Waals surface area contributed by atoms with E-state index in [0.29, 0.717) is 13.2 Å². The quantitative estimate of drug-likeness (QED) is 0.529. The Morgan fingerprint density at radius 3 is 2.33 bits per heavy atom. The Bertz CT molecular complexity index is 789. The molecular weight excluding hydrogens is 372 g/mol. The molecule has 0 radical (unpaired) electrons. The van der Waals surface area contributed by atoms with E-state index in [1.807, 2.05) is 6.07 Å². The van der Waals surface area contributed by atoms with E-state index in [4.69, 9.17) is 14.5 Å². The lowest BCUT2D eigenvalue weighted by molar-refractivity contribution is 0.268. The summed E-state index contributed by atoms with van der Waals surface area (Å²) in [5.74, 6) is 2.76. The molecule has 4 nitrogen and oxygen atoms in total. The van der Waals surface area contributed by atoms with Gasteiger partial charge < -0.3 is 14.8 Å². The lowest BCUT2D eigenvalue weighted by atomic mass is 9.97. The molecule has 1 aliphatic rings. The second-order valence-electron chi connectivity index (χ2n) is 7.88. The number of nitrogens with zero attached hydrogens (tertiary/aromatic N) is 1. The van der Waals surface area contributed by atoms with Gasteiger partial charge in [-0.3, -0.25) is 4.99 Å². The van der Waals surface area contributed by atoms with Gasteiger partial charge in [0.1, 0.15) is 0 Å². The van der Waals surface area contributed by atoms with Crippen molar-refractivity contribution in [1.29, 1.82) is 0 Å². The topological polar surface area (TPSA) is 42.8 Å². The fourth-order valence-electron chi connectivity index (χ4n) is 3.70. The zero-order valence-electron chi connectivity index (χ0n) is 18.5. The number of rotatable bonds is 9. The lowest BCUT2D eigenvalue weighted by Crippen LogP contribution is -2.30. The molecule has 0 saturated heterocycles. The first-order valence-electron chi connectivity index (χ1n) is 11.6. The van der Waals surface area contributed by atoms with Crippen LogP contribution >= 0.6 is 0 Å². The summed E-state index contributed by atoms with van der Waals surface area (Å²) in [7, 11) is 0. The van der Waals surface area contributed by atoms with Crippen LogP contribution in [0.4, 0.5) is 0 Å². The third-order valence-electron chi connectivity index (χ3n) is 5.29. The van der Waals surface area contributed by atoms with Crippen molar-refractivity contribution < 1.29 is 9.47 Å². The molecule has 0 spiro atoms. The maximum Gasteiger partial charge on any atom is 0.161 e. The molecule has 0 bridgehead atoms. The van der Waals surface area contributed by atoms with Gasteiger partial charge in [-0.2, -0.15) is 0 Å². The van der Waals surface area contributed by atoms with Gasteiger partial charge in [0.15, 0.2) is 11.5 Å². The molecule has 0 aromatic heterocycles. The van der Waals surface area contributed by atoms with Gasteiger partial charge in [-0.05, 0) is 48.9 Å². The molecule has 2 aromatic carbocycles. The zero-order chi connectivity index (χ0) is 21.0. The minimum atomic E-state index is 0.0357. The molecule has 0 aliphatic carbocycles. The summed E-state index contributed by atoms with van der Waals surface area (Å²) in [6.07, 6.45) is 7.91. The number of aliphatic imine (C=N–C) groups is 1. The number of hydrogen-bond acceptors (Lipinski definition) is 4. The molecule has 1 aliphatic heterocycles. The third kappa shape index (κ3) is 6.51. The Morgan fingerprint density at radius 1 is 0.833 bits per heavy atom. The molecule has 162 valence electrons. The van der Waals surface area contributed by atoms with Gasteiger partial charge in [0.2, 0.25) is 0 Å². The van der Waals surface area contributed by atoms with Gasteiger partial charge in [0, 0.05) is 13.0 Å². The van der Waals surface area contributed by atoms with E-state index in [2.05, 4.69) is 61.6 Å². The highest BCUT2D eigenvalue weighted by molar-refractivity contribution is 5.83. The van der Waals surface area contributed by atoms with Crippen molar-refractivity contribution in [1.82, 2.24) is 5.32 Å². The van der Waals surface area contributed by atoms with Crippen molar-refractivity contribution in [3.63, 3.8) is 0 Å². The summed E-state index contributed by atoms with van der Waals surface area (Å²) in [6, 6.07) is 17.0. The minimum absolute atomic E-state index is 0.0357. The van der Waals surface area contributed by atoms with E-state index in [0.717, 1.165) is 43.1 Å². The summed E-state index contributed by atoms with van der Waals surface area (Å²) < 4.78 is 12.0. The third-order valence-corrected chi connectivity index (χ3v) is 5.29. The summed E-state index contributed by atoms with van der Waals surface area (Å²) in [6.45, 7) is 6.53. The van der Waals surface area contributed by atoms with Crippen molar-refractivity contribution >= 4 is 5.84 Å². The summed E-state index contributed by atoms with van der Waals surface area (Å²) >= 11 is 0. The van der Waals surface area contributed by atoms with Gasteiger partial charge in [0.25, 0.3) is 0 Å². The molecule has 1 N–H and O–H groups in total. The molecule has 0 fully saturated rings. The largest absolute Gasteiger partial charge is 0.490 e. The Labute approximate surface area is 181 Å². The fraction of sp³-hybridized carbons (Fsp3) is 0.500. The molecule has 4 heteroatoms. The van der Waals surface area contributed by atoms with E-state index in [1.165, 1.54) is 36.8 Å². The maximum absolute atomic E-state index is 6.05. The molecule has 2 aromatic rings. The summed E-state index contributed by atoms with van der Waals surface area (Å²) in [5.41, 5.74) is 2.40. The maximum atomic E-state index is 6.05. The standard InChI is InChI=1S/C26H36N2O2/c1-3-18-29-23-16-15-22(20-24(23)30-19-4-2)26(21-12-8-7-9-13-21)28-25-14-10-5-6-11-17-27-25/h7-9,12-13,15-16,20,26H,3-6,10-11,14,17-19H2,1-2H3,(H,27,28). The van der Waals surface area contributed by atoms with Crippen LogP contribution in [0.15, 0.2) is 53.5 Å². The van der Waals surface area contributed by atoms with Crippen LogP contribution in [0.1, 0.15) is 76.0 Å². The highest BCUT2D eigenvalue weighted by Crippen LogP contribution is 2.33. The summed E-state index contributed by atoms with van der Waals surface area (Å²) in [4.78, 5) is 4.85. The van der Waals surface area contributed by atoms with E-state index in [-0.39, 0.29) is 6.04 Å². The first-order valence-corrected chi connectivity index (χ1v) is 11.6. The number of nitrogens with one attached hydrogen (secondary N) is 1. The van der Waals surface area contributed by atoms with Crippen LogP contribution < -0.4 is 14.8 Å². The van der Waals surface area contributed by atoms with Crippen LogP contribution in [0.25, 0.3) is 0 Å². The van der Waals surface area contributed by atoms with E-state index >= 15 is 0 Å². The van der Waals surface area contributed by atoms with Gasteiger partial charge in [0.05, 0.1) is 25.1 Å². The Hall–Kier alpha value is -2.49. The first kappa shape index (κ1) is 22.2. The highest BCUT2D eigenvalue weighted by atomic mass is 16.5. The molecule has 0 amide bonds. The van der Waals surface area contributed by atoms with Crippen LogP contribution in [-0.4, -0.2) is 25.6 Å². The second kappa shape index (κ2) is 12.3. The molecular formula is C26H36N2O2. The predicted octanol–water partition coefficient (Wildman–Crippen LogP) is 6.31. The zero-order valence-corrected chi connectivity index (χ0v) is 18.5. The first-order chi connectivity index (χ1) is 14.8. The molecule has 3 rings (SSSR count). The normalized spacial score (nSPS) is 15.5. The average Bonchev–Trinajstić information content (AvgIpc) is 2.76. The molecule has 1 heterocycles. The van der Waals surface area contributed by atoms with E-state index < -0.39 is 0 Å². The van der Waals surface area contributed by atoms with Crippen LogP contribution in [0.3, 0.4) is 0 Å². The van der Waals surface area contributed by atoms with Crippen molar-refractivity contribution in [3.05, 3.63) is 59.7 Å². The van der Waals surface area contributed by atoms with Crippen molar-refractivity contribution in [3.8, 4) is 11.5 Å². The average molecular weight is 409 g/mol. The van der Waals surface area contributed by atoms with Gasteiger partial charge in [-0.15, -0.1) is 0 Å². The monoisotopic (exact) mass is 408 g/mol. The Kier molecular flexibility index (Phi) is 9.07. The predicted molar refractivity (Wildman–Crippen MR) is 125 cm³/mol. The number of hydrogen-bond donors (Lipinski definition) is 1. The number of amidine groups is 1. The van der Waals surface area contributed by atoms with Gasteiger partial charge in [-0.25, -0.2) is 0 Å². The van der Waals surface area contributed by atoms with Crippen LogP contribution in [0.5, 0.6) is 11.5 Å². The van der Waals surface area contributed by atoms with Crippen LogP contribution in [-0.2, 0) is 0 Å². The molecule has 30 heavy (non-hydrogen) atoms. The molecule has 1 atom stereocenters.